The van der Waals surface area contributed by atoms with Gasteiger partial charge in [0.15, 0.2) is 15.6 Å². The van der Waals surface area contributed by atoms with E-state index in [2.05, 4.69) is 0 Å². The molecule has 1 aromatic rings. The third-order valence-electron chi connectivity index (χ3n) is 3.71. The third-order valence-corrected chi connectivity index (χ3v) is 5.73. The van der Waals surface area contributed by atoms with Crippen molar-refractivity contribution in [2.45, 2.75) is 26.4 Å². The molecule has 0 bridgehead atoms. The number of hydrogen-bond donors (Lipinski definition) is 1. The van der Waals surface area contributed by atoms with E-state index in [0.29, 0.717) is 23.7 Å². The molecular formula is C14H18ClNO4S. The molecular weight excluding hydrogens is 314 g/mol. The van der Waals surface area contributed by atoms with Crippen molar-refractivity contribution in [3.8, 4) is 5.75 Å². The Morgan fingerprint density at radius 3 is 2.71 bits per heavy atom. The zero-order chi connectivity index (χ0) is 15.8. The molecule has 116 valence electrons. The summed E-state index contributed by atoms with van der Waals surface area (Å²) in [6.07, 6.45) is 0. The zero-order valence-electron chi connectivity index (χ0n) is 12.0. The van der Waals surface area contributed by atoms with Crippen LogP contribution in [-0.4, -0.2) is 48.3 Å². The molecule has 1 N–H and O–H groups in total. The number of benzene rings is 1. The summed E-state index contributed by atoms with van der Waals surface area (Å²) in [6, 6.07) is 2.91. The monoisotopic (exact) mass is 331 g/mol. The van der Waals surface area contributed by atoms with Gasteiger partial charge in [-0.25, -0.2) is 8.42 Å². The maximum absolute atomic E-state index is 11.6. The molecule has 21 heavy (non-hydrogen) atoms. The first-order valence-electron chi connectivity index (χ1n) is 6.66. The highest BCUT2D eigenvalue weighted by Gasteiger charge is 2.28. The van der Waals surface area contributed by atoms with Crippen LogP contribution in [0.1, 0.15) is 29.8 Å². The van der Waals surface area contributed by atoms with Gasteiger partial charge in [0.1, 0.15) is 5.75 Å². The lowest BCUT2D eigenvalue weighted by molar-refractivity contribution is 0.101. The maximum atomic E-state index is 11.6. The van der Waals surface area contributed by atoms with Crippen LogP contribution < -0.4 is 0 Å². The van der Waals surface area contributed by atoms with Crippen molar-refractivity contribution in [1.82, 2.24) is 4.90 Å². The van der Waals surface area contributed by atoms with E-state index in [1.807, 2.05) is 11.8 Å². The number of sulfone groups is 1. The van der Waals surface area contributed by atoms with E-state index < -0.39 is 9.84 Å². The van der Waals surface area contributed by atoms with Gasteiger partial charge in [0.05, 0.1) is 17.1 Å². The molecule has 2 rings (SSSR count). The lowest BCUT2D eigenvalue weighted by Crippen LogP contribution is -2.46. The van der Waals surface area contributed by atoms with Crippen LogP contribution in [0.25, 0.3) is 0 Å². The van der Waals surface area contributed by atoms with Crippen molar-refractivity contribution in [2.24, 2.45) is 0 Å². The average Bonchev–Trinajstić information content (AvgIpc) is 2.35. The van der Waals surface area contributed by atoms with Crippen molar-refractivity contribution >= 4 is 27.2 Å². The third kappa shape index (κ3) is 3.75. The van der Waals surface area contributed by atoms with Crippen molar-refractivity contribution in [1.29, 1.82) is 0 Å². The molecule has 1 heterocycles. The Hall–Kier alpha value is -1.11. The summed E-state index contributed by atoms with van der Waals surface area (Å²) >= 11 is 5.99. The number of rotatable bonds is 3. The van der Waals surface area contributed by atoms with Crippen molar-refractivity contribution in [3.05, 3.63) is 28.3 Å². The van der Waals surface area contributed by atoms with Crippen LogP contribution >= 0.6 is 11.6 Å². The van der Waals surface area contributed by atoms with Gasteiger partial charge in [-0.1, -0.05) is 11.6 Å². The highest BCUT2D eigenvalue weighted by atomic mass is 35.5. The number of phenolic OH excluding ortho intramolecular Hbond substituents is 1. The zero-order valence-corrected chi connectivity index (χ0v) is 13.5. The van der Waals surface area contributed by atoms with Gasteiger partial charge in [0, 0.05) is 29.7 Å². The van der Waals surface area contributed by atoms with Gasteiger partial charge < -0.3 is 5.11 Å². The summed E-state index contributed by atoms with van der Waals surface area (Å²) in [5, 5.41) is 10.6. The van der Waals surface area contributed by atoms with E-state index >= 15 is 0 Å². The SMILES string of the molecule is CC(=O)c1cc(Cl)cc(CN2CCS(=O)(=O)CC2C)c1O. The fourth-order valence-electron chi connectivity index (χ4n) is 2.53. The van der Waals surface area contributed by atoms with E-state index in [-0.39, 0.29) is 34.6 Å². The summed E-state index contributed by atoms with van der Waals surface area (Å²) in [5.41, 5.74) is 0.730. The minimum absolute atomic E-state index is 0.0764. The van der Waals surface area contributed by atoms with E-state index in [0.717, 1.165) is 0 Å². The summed E-state index contributed by atoms with van der Waals surface area (Å²) in [4.78, 5) is 13.5. The van der Waals surface area contributed by atoms with Crippen molar-refractivity contribution < 1.29 is 18.3 Å². The molecule has 0 spiro atoms. The number of aromatic hydroxyl groups is 1. The molecule has 1 aliphatic heterocycles. The molecule has 1 unspecified atom stereocenters. The number of phenols is 1. The Kier molecular flexibility index (Phi) is 4.60. The van der Waals surface area contributed by atoms with Crippen LogP contribution in [0, 0.1) is 0 Å². The first-order chi connectivity index (χ1) is 9.69. The first-order valence-corrected chi connectivity index (χ1v) is 8.86. The Labute approximate surface area is 129 Å². The molecule has 7 heteroatoms. The summed E-state index contributed by atoms with van der Waals surface area (Å²) in [7, 11) is -2.98. The molecule has 0 aliphatic carbocycles. The van der Waals surface area contributed by atoms with Crippen LogP contribution in [0.4, 0.5) is 0 Å². The fourth-order valence-corrected chi connectivity index (χ4v) is 4.40. The molecule has 1 atom stereocenters. The molecule has 5 nitrogen and oxygen atoms in total. The van der Waals surface area contributed by atoms with E-state index in [4.69, 9.17) is 11.6 Å². The van der Waals surface area contributed by atoms with Gasteiger partial charge in [0.25, 0.3) is 0 Å². The summed E-state index contributed by atoms with van der Waals surface area (Å²) in [5.74, 6) is -0.121. The van der Waals surface area contributed by atoms with E-state index in [1.165, 1.54) is 13.0 Å². The lowest BCUT2D eigenvalue weighted by atomic mass is 10.0. The van der Waals surface area contributed by atoms with E-state index in [9.17, 15) is 18.3 Å². The number of halogens is 1. The van der Waals surface area contributed by atoms with Crippen molar-refractivity contribution in [3.63, 3.8) is 0 Å². The molecule has 0 amide bonds. The number of carbonyl (C=O) groups excluding carboxylic acids is 1. The number of carbonyl (C=O) groups is 1. The number of ketones is 1. The predicted molar refractivity (Wildman–Crippen MR) is 81.6 cm³/mol. The van der Waals surface area contributed by atoms with Gasteiger partial charge >= 0.3 is 0 Å². The van der Waals surface area contributed by atoms with Gasteiger partial charge in [0.2, 0.25) is 0 Å². The molecule has 0 saturated carbocycles. The second-order valence-electron chi connectivity index (χ2n) is 5.45. The molecule has 0 aromatic heterocycles. The molecule has 1 saturated heterocycles. The smallest absolute Gasteiger partial charge is 0.163 e. The highest BCUT2D eigenvalue weighted by molar-refractivity contribution is 7.91. The van der Waals surface area contributed by atoms with Gasteiger partial charge in [-0.3, -0.25) is 9.69 Å². The second kappa shape index (κ2) is 5.94. The molecule has 1 aromatic carbocycles. The van der Waals surface area contributed by atoms with E-state index in [1.54, 1.807) is 6.07 Å². The standard InChI is InChI=1S/C14H18ClNO4S/c1-9-8-21(19,20)4-3-16(9)7-11-5-12(15)6-13(10(2)17)14(11)18/h5-6,9,18H,3-4,7-8H2,1-2H3. The van der Waals surface area contributed by atoms with Crippen LogP contribution in [0.2, 0.25) is 5.02 Å². The topological polar surface area (TPSA) is 74.7 Å². The van der Waals surface area contributed by atoms with Crippen LogP contribution in [0.15, 0.2) is 12.1 Å². The highest BCUT2D eigenvalue weighted by Crippen LogP contribution is 2.29. The first kappa shape index (κ1) is 16.3. The van der Waals surface area contributed by atoms with Crippen molar-refractivity contribution in [2.75, 3.05) is 18.1 Å². The van der Waals surface area contributed by atoms with Crippen LogP contribution in [0.5, 0.6) is 5.75 Å². The van der Waals surface area contributed by atoms with Gasteiger partial charge in [-0.15, -0.1) is 0 Å². The second-order valence-corrected chi connectivity index (χ2v) is 8.12. The van der Waals surface area contributed by atoms with Crippen LogP contribution in [0.3, 0.4) is 0 Å². The minimum Gasteiger partial charge on any atom is -0.507 e. The predicted octanol–water partition coefficient (Wildman–Crippen LogP) is 1.87. The number of Topliss-reactive ketones (excluding diaryl/α,β-unsaturated/α-hetero) is 1. The van der Waals surface area contributed by atoms with Crippen LogP contribution in [-0.2, 0) is 16.4 Å². The Balaban J connectivity index is 2.26. The normalized spacial score (nSPS) is 22.1. The fraction of sp³-hybridized carbons (Fsp3) is 0.500. The Bertz CT molecular complexity index is 672. The Morgan fingerprint density at radius 1 is 1.48 bits per heavy atom. The largest absolute Gasteiger partial charge is 0.507 e. The average molecular weight is 332 g/mol. The summed E-state index contributed by atoms with van der Waals surface area (Å²) in [6.45, 7) is 3.98. The summed E-state index contributed by atoms with van der Waals surface area (Å²) < 4.78 is 23.2. The quantitative estimate of drug-likeness (QED) is 0.856. The lowest BCUT2D eigenvalue weighted by Gasteiger charge is -2.33. The molecule has 1 aliphatic rings. The van der Waals surface area contributed by atoms with Gasteiger partial charge in [-0.2, -0.15) is 0 Å². The molecule has 0 radical (unpaired) electrons. The molecule has 1 fully saturated rings. The Morgan fingerprint density at radius 2 is 2.14 bits per heavy atom. The minimum atomic E-state index is -2.98. The number of nitrogens with zero attached hydrogens (tertiary/aromatic N) is 1. The number of hydrogen-bond acceptors (Lipinski definition) is 5. The maximum Gasteiger partial charge on any atom is 0.163 e. The van der Waals surface area contributed by atoms with Gasteiger partial charge in [-0.05, 0) is 26.0 Å².